The van der Waals surface area contributed by atoms with Crippen LogP contribution in [0.15, 0.2) is 28.7 Å². The van der Waals surface area contributed by atoms with Gasteiger partial charge in [-0.25, -0.2) is 4.79 Å². The van der Waals surface area contributed by atoms with Crippen molar-refractivity contribution in [1.82, 2.24) is 0 Å². The van der Waals surface area contributed by atoms with Crippen molar-refractivity contribution in [2.75, 3.05) is 13.2 Å². The van der Waals surface area contributed by atoms with Crippen molar-refractivity contribution in [1.29, 1.82) is 0 Å². The molecule has 0 bridgehead atoms. The van der Waals surface area contributed by atoms with E-state index in [2.05, 4.69) is 15.9 Å². The number of rotatable bonds is 7. The van der Waals surface area contributed by atoms with Gasteiger partial charge in [-0.05, 0) is 18.9 Å². The highest BCUT2D eigenvalue weighted by Crippen LogP contribution is 2.27. The van der Waals surface area contributed by atoms with Crippen LogP contribution >= 0.6 is 15.9 Å². The zero-order chi connectivity index (χ0) is 13.4. The first kappa shape index (κ1) is 15.2. The fourth-order valence-electron chi connectivity index (χ4n) is 1.49. The maximum atomic E-state index is 12.0. The SMILES string of the molecule is CCCOC(=O)C(OCCC)c1ccccc1Br. The Morgan fingerprint density at radius 2 is 1.89 bits per heavy atom. The van der Waals surface area contributed by atoms with Gasteiger partial charge in [-0.1, -0.05) is 48.0 Å². The summed E-state index contributed by atoms with van der Waals surface area (Å²) in [6.07, 6.45) is 1.02. The highest BCUT2D eigenvalue weighted by molar-refractivity contribution is 9.10. The van der Waals surface area contributed by atoms with E-state index in [0.29, 0.717) is 13.2 Å². The van der Waals surface area contributed by atoms with Gasteiger partial charge in [-0.15, -0.1) is 0 Å². The third kappa shape index (κ3) is 4.42. The van der Waals surface area contributed by atoms with Crippen molar-refractivity contribution in [3.05, 3.63) is 34.3 Å². The molecule has 0 saturated heterocycles. The van der Waals surface area contributed by atoms with Crippen molar-refractivity contribution in [2.45, 2.75) is 32.8 Å². The topological polar surface area (TPSA) is 35.5 Å². The number of ether oxygens (including phenoxy) is 2. The second kappa shape index (κ2) is 8.27. The average Bonchev–Trinajstić information content (AvgIpc) is 2.38. The standard InChI is InChI=1S/C14H19BrO3/c1-3-9-17-13(14(16)18-10-4-2)11-7-5-6-8-12(11)15/h5-8,13H,3-4,9-10H2,1-2H3. The second-order valence-corrected chi connectivity index (χ2v) is 4.79. The first-order valence-corrected chi connectivity index (χ1v) is 7.02. The summed E-state index contributed by atoms with van der Waals surface area (Å²) < 4.78 is 11.6. The van der Waals surface area contributed by atoms with E-state index in [1.165, 1.54) is 0 Å². The molecule has 0 aromatic heterocycles. The number of hydrogen-bond donors (Lipinski definition) is 0. The lowest BCUT2D eigenvalue weighted by atomic mass is 10.1. The molecule has 0 amide bonds. The summed E-state index contributed by atoms with van der Waals surface area (Å²) in [6.45, 7) is 4.94. The molecule has 1 unspecified atom stereocenters. The van der Waals surface area contributed by atoms with E-state index in [9.17, 15) is 4.79 Å². The summed E-state index contributed by atoms with van der Waals surface area (Å²) in [7, 11) is 0. The van der Waals surface area contributed by atoms with Crippen LogP contribution in [0.4, 0.5) is 0 Å². The quantitative estimate of drug-likeness (QED) is 0.717. The Balaban J connectivity index is 2.83. The van der Waals surface area contributed by atoms with E-state index in [1.807, 2.05) is 38.1 Å². The van der Waals surface area contributed by atoms with Crippen LogP contribution in [-0.2, 0) is 14.3 Å². The van der Waals surface area contributed by atoms with Crippen molar-refractivity contribution in [3.8, 4) is 0 Å². The molecule has 18 heavy (non-hydrogen) atoms. The Hall–Kier alpha value is -0.870. The first-order chi connectivity index (χ1) is 8.70. The zero-order valence-electron chi connectivity index (χ0n) is 10.8. The van der Waals surface area contributed by atoms with Gasteiger partial charge in [0.05, 0.1) is 6.61 Å². The molecule has 0 saturated carbocycles. The van der Waals surface area contributed by atoms with Gasteiger partial charge in [-0.3, -0.25) is 0 Å². The van der Waals surface area contributed by atoms with Crippen LogP contribution in [0.5, 0.6) is 0 Å². The van der Waals surface area contributed by atoms with Gasteiger partial charge in [0, 0.05) is 16.6 Å². The molecule has 4 heteroatoms. The van der Waals surface area contributed by atoms with Crippen LogP contribution in [-0.4, -0.2) is 19.2 Å². The maximum Gasteiger partial charge on any atom is 0.339 e. The molecule has 0 fully saturated rings. The predicted octanol–water partition coefficient (Wildman–Crippen LogP) is 3.87. The Bertz CT molecular complexity index is 379. The van der Waals surface area contributed by atoms with E-state index in [4.69, 9.17) is 9.47 Å². The highest BCUT2D eigenvalue weighted by Gasteiger charge is 2.24. The van der Waals surface area contributed by atoms with Gasteiger partial charge in [0.2, 0.25) is 0 Å². The lowest BCUT2D eigenvalue weighted by Gasteiger charge is -2.18. The van der Waals surface area contributed by atoms with Gasteiger partial charge < -0.3 is 9.47 Å². The molecule has 1 atom stereocenters. The number of hydrogen-bond acceptors (Lipinski definition) is 3. The molecular weight excluding hydrogens is 296 g/mol. The molecule has 0 aliphatic carbocycles. The van der Waals surface area contributed by atoms with E-state index in [0.717, 1.165) is 22.9 Å². The average molecular weight is 315 g/mol. The van der Waals surface area contributed by atoms with Crippen LogP contribution in [0.3, 0.4) is 0 Å². The van der Waals surface area contributed by atoms with Gasteiger partial charge in [0.1, 0.15) is 0 Å². The summed E-state index contributed by atoms with van der Waals surface area (Å²) in [4.78, 5) is 12.0. The lowest BCUT2D eigenvalue weighted by Crippen LogP contribution is -2.20. The van der Waals surface area contributed by atoms with E-state index in [1.54, 1.807) is 0 Å². The van der Waals surface area contributed by atoms with Crippen molar-refractivity contribution >= 4 is 21.9 Å². The minimum Gasteiger partial charge on any atom is -0.464 e. The van der Waals surface area contributed by atoms with Crippen LogP contribution in [0.25, 0.3) is 0 Å². The Morgan fingerprint density at radius 3 is 2.50 bits per heavy atom. The van der Waals surface area contributed by atoms with Crippen LogP contribution in [0.1, 0.15) is 38.4 Å². The molecule has 1 aromatic rings. The third-order valence-corrected chi connectivity index (χ3v) is 3.06. The van der Waals surface area contributed by atoms with Crippen molar-refractivity contribution in [3.63, 3.8) is 0 Å². The Labute approximate surface area is 117 Å². The largest absolute Gasteiger partial charge is 0.464 e. The number of carbonyl (C=O) groups is 1. The highest BCUT2D eigenvalue weighted by atomic mass is 79.9. The minimum atomic E-state index is -0.646. The first-order valence-electron chi connectivity index (χ1n) is 6.23. The van der Waals surface area contributed by atoms with E-state index in [-0.39, 0.29) is 5.97 Å². The summed E-state index contributed by atoms with van der Waals surface area (Å²) in [5.41, 5.74) is 0.812. The molecule has 0 spiro atoms. The molecule has 0 N–H and O–H groups in total. The Kier molecular flexibility index (Phi) is 6.98. The smallest absolute Gasteiger partial charge is 0.339 e. The molecule has 0 radical (unpaired) electrons. The minimum absolute atomic E-state index is 0.322. The fourth-order valence-corrected chi connectivity index (χ4v) is 1.98. The molecule has 0 heterocycles. The Morgan fingerprint density at radius 1 is 1.22 bits per heavy atom. The summed E-state index contributed by atoms with van der Waals surface area (Å²) in [5.74, 6) is -0.322. The molecule has 1 rings (SSSR count). The molecular formula is C14H19BrO3. The maximum absolute atomic E-state index is 12.0. The van der Waals surface area contributed by atoms with Crippen LogP contribution < -0.4 is 0 Å². The van der Waals surface area contributed by atoms with Crippen LogP contribution in [0.2, 0.25) is 0 Å². The van der Waals surface area contributed by atoms with Gasteiger partial charge in [0.15, 0.2) is 6.10 Å². The lowest BCUT2D eigenvalue weighted by molar-refractivity contribution is -0.157. The summed E-state index contributed by atoms with van der Waals surface area (Å²) in [6, 6.07) is 7.56. The number of esters is 1. The second-order valence-electron chi connectivity index (χ2n) is 3.94. The molecule has 0 aliphatic rings. The van der Waals surface area contributed by atoms with Crippen LogP contribution in [0, 0.1) is 0 Å². The summed E-state index contributed by atoms with van der Waals surface area (Å²) in [5, 5.41) is 0. The predicted molar refractivity (Wildman–Crippen MR) is 74.4 cm³/mol. The van der Waals surface area contributed by atoms with Crippen molar-refractivity contribution < 1.29 is 14.3 Å². The van der Waals surface area contributed by atoms with E-state index < -0.39 is 6.10 Å². The molecule has 100 valence electrons. The number of benzene rings is 1. The number of carbonyl (C=O) groups excluding carboxylic acids is 1. The molecule has 0 aliphatic heterocycles. The van der Waals surface area contributed by atoms with Gasteiger partial charge >= 0.3 is 5.97 Å². The van der Waals surface area contributed by atoms with Gasteiger partial charge in [-0.2, -0.15) is 0 Å². The third-order valence-electron chi connectivity index (χ3n) is 2.34. The molecule has 3 nitrogen and oxygen atoms in total. The molecule has 1 aromatic carbocycles. The van der Waals surface area contributed by atoms with Crippen molar-refractivity contribution in [2.24, 2.45) is 0 Å². The monoisotopic (exact) mass is 314 g/mol. The normalized spacial score (nSPS) is 12.2. The van der Waals surface area contributed by atoms with Gasteiger partial charge in [0.25, 0.3) is 0 Å². The summed E-state index contributed by atoms with van der Waals surface area (Å²) >= 11 is 3.44. The number of halogens is 1. The zero-order valence-corrected chi connectivity index (χ0v) is 12.4. The fraction of sp³-hybridized carbons (Fsp3) is 0.500. The van der Waals surface area contributed by atoms with E-state index >= 15 is 0 Å².